The summed E-state index contributed by atoms with van der Waals surface area (Å²) in [5.41, 5.74) is 6.16. The summed E-state index contributed by atoms with van der Waals surface area (Å²) in [5.74, 6) is -1.13. The van der Waals surface area contributed by atoms with E-state index < -0.39 is 11.9 Å². The number of benzene rings is 3. The number of carbonyl (C=O) groups is 1. The van der Waals surface area contributed by atoms with Crippen LogP contribution in [0.15, 0.2) is 66.2 Å². The number of ether oxygens (including phenoxy) is 1. The Kier molecular flexibility index (Phi) is 5.64. The second-order valence-electron chi connectivity index (χ2n) is 7.92. The van der Waals surface area contributed by atoms with Crippen LogP contribution >= 0.6 is 0 Å². The molecule has 3 aromatic rings. The lowest BCUT2D eigenvalue weighted by Crippen LogP contribution is -2.12. The lowest BCUT2D eigenvalue weighted by atomic mass is 9.88. The van der Waals surface area contributed by atoms with Gasteiger partial charge in [0.05, 0.1) is 12.7 Å². The summed E-state index contributed by atoms with van der Waals surface area (Å²) in [6, 6.07) is 18.4. The first-order valence-electron chi connectivity index (χ1n) is 10.4. The van der Waals surface area contributed by atoms with Crippen LogP contribution in [0.3, 0.4) is 0 Å². The number of hydrogen-bond acceptors (Lipinski definition) is 2. The van der Waals surface area contributed by atoms with Gasteiger partial charge in [0.1, 0.15) is 11.6 Å². The number of aliphatic carboxylic acids is 1. The van der Waals surface area contributed by atoms with E-state index in [0.29, 0.717) is 16.9 Å². The Balaban J connectivity index is 1.99. The van der Waals surface area contributed by atoms with Gasteiger partial charge >= 0.3 is 5.97 Å². The molecule has 0 aliphatic heterocycles. The first kappa shape index (κ1) is 20.9. The molecular weight excluding hydrogens is 391 g/mol. The maximum absolute atomic E-state index is 14.5. The number of methoxy groups -OCH3 is 1. The van der Waals surface area contributed by atoms with Crippen molar-refractivity contribution in [2.45, 2.75) is 32.6 Å². The molecule has 0 saturated heterocycles. The highest BCUT2D eigenvalue weighted by molar-refractivity contribution is 6.06. The van der Waals surface area contributed by atoms with Gasteiger partial charge in [-0.15, -0.1) is 0 Å². The molecule has 3 nitrogen and oxygen atoms in total. The average molecular weight is 416 g/mol. The Morgan fingerprint density at radius 1 is 1.06 bits per heavy atom. The average Bonchev–Trinajstić information content (AvgIpc) is 3.08. The van der Waals surface area contributed by atoms with E-state index in [2.05, 4.69) is 13.0 Å². The smallest absolute Gasteiger partial charge is 0.332 e. The zero-order valence-electron chi connectivity index (χ0n) is 17.9. The Bertz CT molecular complexity index is 1190. The van der Waals surface area contributed by atoms with E-state index in [0.717, 1.165) is 34.2 Å². The standard InChI is InChI=1S/C27H25FO3/c1-4-17-10-12-19-21(14-17)25(20-11-9-16(2)13-24(20)31-3)26(27(29)30)22(19)15-18-7-5-6-8-23(18)28/h5-14,22H,4,15H2,1-3H3,(H,29,30). The zero-order chi connectivity index (χ0) is 22.1. The van der Waals surface area contributed by atoms with Crippen molar-refractivity contribution in [2.75, 3.05) is 7.11 Å². The van der Waals surface area contributed by atoms with Crippen LogP contribution in [-0.4, -0.2) is 18.2 Å². The third-order valence-corrected chi connectivity index (χ3v) is 6.03. The first-order valence-corrected chi connectivity index (χ1v) is 10.4. The molecule has 4 rings (SSSR count). The second kappa shape index (κ2) is 8.38. The SMILES string of the molecule is CCc1ccc2c(c1)C(c1ccc(C)cc1OC)=C(C(=O)O)C2Cc1ccccc1F. The van der Waals surface area contributed by atoms with Gasteiger partial charge in [-0.2, -0.15) is 0 Å². The van der Waals surface area contributed by atoms with Crippen molar-refractivity contribution < 1.29 is 19.0 Å². The van der Waals surface area contributed by atoms with Gasteiger partial charge in [-0.05, 0) is 59.7 Å². The van der Waals surface area contributed by atoms with Crippen molar-refractivity contribution in [1.82, 2.24) is 0 Å². The van der Waals surface area contributed by atoms with E-state index in [-0.39, 0.29) is 17.8 Å². The number of carboxylic acids is 1. The molecule has 0 bridgehead atoms. The third-order valence-electron chi connectivity index (χ3n) is 6.03. The predicted molar refractivity (Wildman–Crippen MR) is 120 cm³/mol. The van der Waals surface area contributed by atoms with Crippen molar-refractivity contribution in [2.24, 2.45) is 0 Å². The number of aryl methyl sites for hydroxylation is 2. The molecule has 1 unspecified atom stereocenters. The fourth-order valence-corrected chi connectivity index (χ4v) is 4.47. The van der Waals surface area contributed by atoms with E-state index in [1.807, 2.05) is 37.3 Å². The highest BCUT2D eigenvalue weighted by Gasteiger charge is 2.37. The molecule has 1 N–H and O–H groups in total. The molecule has 1 aliphatic rings. The van der Waals surface area contributed by atoms with Gasteiger partial charge in [0.15, 0.2) is 0 Å². The molecule has 31 heavy (non-hydrogen) atoms. The van der Waals surface area contributed by atoms with E-state index >= 15 is 0 Å². The van der Waals surface area contributed by atoms with Crippen LogP contribution in [0.5, 0.6) is 5.75 Å². The number of fused-ring (bicyclic) bond motifs is 1. The quantitative estimate of drug-likeness (QED) is 0.542. The van der Waals surface area contributed by atoms with Crippen molar-refractivity contribution in [3.63, 3.8) is 0 Å². The lowest BCUT2D eigenvalue weighted by Gasteiger charge is -2.15. The number of halogens is 1. The topological polar surface area (TPSA) is 46.5 Å². The Morgan fingerprint density at radius 2 is 1.84 bits per heavy atom. The minimum Gasteiger partial charge on any atom is -0.496 e. The van der Waals surface area contributed by atoms with Crippen LogP contribution in [0.2, 0.25) is 0 Å². The first-order chi connectivity index (χ1) is 14.9. The van der Waals surface area contributed by atoms with Gasteiger partial charge in [0.25, 0.3) is 0 Å². The highest BCUT2D eigenvalue weighted by atomic mass is 19.1. The van der Waals surface area contributed by atoms with Crippen LogP contribution in [0, 0.1) is 12.7 Å². The fourth-order valence-electron chi connectivity index (χ4n) is 4.47. The zero-order valence-corrected chi connectivity index (χ0v) is 17.9. The molecule has 0 saturated carbocycles. The third kappa shape index (κ3) is 3.74. The largest absolute Gasteiger partial charge is 0.496 e. The molecule has 3 aromatic carbocycles. The molecule has 4 heteroatoms. The molecule has 0 fully saturated rings. The molecule has 0 radical (unpaired) electrons. The normalized spacial score (nSPS) is 15.2. The summed E-state index contributed by atoms with van der Waals surface area (Å²) in [6.45, 7) is 4.04. The Morgan fingerprint density at radius 3 is 2.52 bits per heavy atom. The van der Waals surface area contributed by atoms with Crippen LogP contribution in [0.4, 0.5) is 4.39 Å². The molecule has 0 aromatic heterocycles. The number of rotatable bonds is 6. The van der Waals surface area contributed by atoms with Crippen LogP contribution in [0.1, 0.15) is 46.2 Å². The minimum absolute atomic E-state index is 0.282. The molecule has 1 aliphatic carbocycles. The maximum Gasteiger partial charge on any atom is 0.332 e. The number of hydrogen-bond donors (Lipinski definition) is 1. The van der Waals surface area contributed by atoms with E-state index in [9.17, 15) is 14.3 Å². The minimum atomic E-state index is -0.992. The lowest BCUT2D eigenvalue weighted by molar-refractivity contribution is -0.132. The molecule has 0 heterocycles. The maximum atomic E-state index is 14.5. The number of carboxylic acid groups (broad SMARTS) is 1. The van der Waals surface area contributed by atoms with Gasteiger partial charge in [0, 0.05) is 17.1 Å². The molecule has 0 amide bonds. The predicted octanol–water partition coefficient (Wildman–Crippen LogP) is 5.93. The summed E-state index contributed by atoms with van der Waals surface area (Å²) in [4.78, 5) is 12.6. The van der Waals surface area contributed by atoms with E-state index in [4.69, 9.17) is 4.74 Å². The van der Waals surface area contributed by atoms with Gasteiger partial charge in [-0.25, -0.2) is 9.18 Å². The summed E-state index contributed by atoms with van der Waals surface area (Å²) in [5, 5.41) is 10.3. The second-order valence-corrected chi connectivity index (χ2v) is 7.92. The van der Waals surface area contributed by atoms with Gasteiger partial charge in [-0.1, -0.05) is 55.5 Å². The van der Waals surface area contributed by atoms with E-state index in [1.54, 1.807) is 25.3 Å². The van der Waals surface area contributed by atoms with E-state index in [1.165, 1.54) is 6.07 Å². The van der Waals surface area contributed by atoms with Gasteiger partial charge in [0.2, 0.25) is 0 Å². The van der Waals surface area contributed by atoms with Crippen molar-refractivity contribution in [1.29, 1.82) is 0 Å². The summed E-state index contributed by atoms with van der Waals surface area (Å²) in [6.07, 6.45) is 1.12. The van der Waals surface area contributed by atoms with Crippen LogP contribution in [0.25, 0.3) is 5.57 Å². The monoisotopic (exact) mass is 416 g/mol. The summed E-state index contributed by atoms with van der Waals surface area (Å²) < 4.78 is 20.1. The summed E-state index contributed by atoms with van der Waals surface area (Å²) in [7, 11) is 1.59. The van der Waals surface area contributed by atoms with Crippen molar-refractivity contribution in [3.8, 4) is 5.75 Å². The Hall–Kier alpha value is -3.40. The summed E-state index contributed by atoms with van der Waals surface area (Å²) >= 11 is 0. The van der Waals surface area contributed by atoms with Crippen LogP contribution < -0.4 is 4.74 Å². The fraction of sp³-hybridized carbons (Fsp3) is 0.222. The molecule has 0 spiro atoms. The molecule has 1 atom stereocenters. The Labute approximate surface area is 181 Å². The van der Waals surface area contributed by atoms with Crippen molar-refractivity contribution >= 4 is 11.5 Å². The molecule has 158 valence electrons. The van der Waals surface area contributed by atoms with Gasteiger partial charge in [-0.3, -0.25) is 0 Å². The van der Waals surface area contributed by atoms with Gasteiger partial charge < -0.3 is 9.84 Å². The van der Waals surface area contributed by atoms with Crippen molar-refractivity contribution in [3.05, 3.63) is 105 Å². The highest BCUT2D eigenvalue weighted by Crippen LogP contribution is 2.49. The van der Waals surface area contributed by atoms with Crippen LogP contribution in [-0.2, 0) is 17.6 Å². The molecular formula is C27H25FO3.